The molecular formula is C7H18Cl2O2. The predicted molar refractivity (Wildman–Crippen MR) is 51.3 cm³/mol. The summed E-state index contributed by atoms with van der Waals surface area (Å²) < 4.78 is 0. The molecule has 0 aliphatic heterocycles. The molecule has 0 rings (SSSR count). The third-order valence-electron chi connectivity index (χ3n) is 0. The van der Waals surface area contributed by atoms with Gasteiger partial charge in [-0.05, 0) is 27.7 Å². The highest BCUT2D eigenvalue weighted by molar-refractivity contribution is 6.40. The van der Waals surface area contributed by atoms with E-state index < -0.39 is 0 Å². The van der Waals surface area contributed by atoms with Gasteiger partial charge >= 0.3 is 0 Å². The van der Waals surface area contributed by atoms with Gasteiger partial charge in [-0.15, -0.1) is 23.2 Å². The van der Waals surface area contributed by atoms with Crippen LogP contribution in [0, 0.1) is 0 Å². The summed E-state index contributed by atoms with van der Waals surface area (Å²) in [6.07, 6.45) is -0.333. The molecule has 0 bridgehead atoms. The fraction of sp³-hybridized carbons (Fsp3) is 1.00. The third kappa shape index (κ3) is 3030. The van der Waals surface area contributed by atoms with Gasteiger partial charge in [-0.25, -0.2) is 0 Å². The summed E-state index contributed by atoms with van der Waals surface area (Å²) >= 11 is 9.53. The first-order valence-corrected chi connectivity index (χ1v) is 4.43. The maximum Gasteiger partial charge on any atom is 0.0967 e. The molecule has 0 aromatic heterocycles. The van der Waals surface area contributed by atoms with Crippen LogP contribution >= 0.6 is 23.2 Å². The zero-order chi connectivity index (χ0) is 9.86. The van der Waals surface area contributed by atoms with Gasteiger partial charge in [0, 0.05) is 12.2 Å². The minimum Gasteiger partial charge on any atom is -0.394 e. The van der Waals surface area contributed by atoms with Crippen LogP contribution in [0.4, 0.5) is 0 Å². The highest BCUT2D eigenvalue weighted by atomic mass is 35.5. The van der Waals surface area contributed by atoms with Crippen molar-refractivity contribution in [3.05, 3.63) is 0 Å². The van der Waals surface area contributed by atoms with Gasteiger partial charge in [0.2, 0.25) is 0 Å². The second-order valence-corrected chi connectivity index (χ2v) is 3.10. The van der Waals surface area contributed by atoms with Crippen molar-refractivity contribution in [2.45, 2.75) is 39.9 Å². The number of alkyl halides is 2. The normalized spacial score (nSPS) is 8.18. The Morgan fingerprint density at radius 1 is 0.909 bits per heavy atom. The smallest absolute Gasteiger partial charge is 0.0967 e. The molecule has 0 aliphatic carbocycles. The first kappa shape index (κ1) is 17.5. The predicted octanol–water partition coefficient (Wildman–Crippen LogP) is 2.20. The highest BCUT2D eigenvalue weighted by Crippen LogP contribution is 1.73. The summed E-state index contributed by atoms with van der Waals surface area (Å²) in [6, 6.07) is 0. The van der Waals surface area contributed by atoms with Crippen LogP contribution in [0.15, 0.2) is 0 Å². The molecule has 0 aliphatic rings. The lowest BCUT2D eigenvalue weighted by Gasteiger charge is -1.80. The van der Waals surface area contributed by atoms with E-state index in [1.54, 1.807) is 27.7 Å². The van der Waals surface area contributed by atoms with Crippen LogP contribution in [0.3, 0.4) is 0 Å². The minimum absolute atomic E-state index is 0.167. The van der Waals surface area contributed by atoms with Crippen LogP contribution in [0.1, 0.15) is 27.7 Å². The van der Waals surface area contributed by atoms with Crippen LogP contribution in [-0.2, 0) is 0 Å². The Bertz CT molecular complexity index is 38.2. The Morgan fingerprint density at radius 3 is 0.909 bits per heavy atom. The molecule has 0 saturated carbocycles. The minimum atomic E-state index is -0.167. The number of hydrogen-bond donors (Lipinski definition) is 2. The third-order valence-corrected chi connectivity index (χ3v) is 0. The SMILES string of the molecule is CC(C)O.CC(C)O.ClCCl. The second-order valence-electron chi connectivity index (χ2n) is 2.29. The van der Waals surface area contributed by atoms with E-state index in [1.807, 2.05) is 0 Å². The summed E-state index contributed by atoms with van der Waals surface area (Å²) in [5.74, 6) is 0. The van der Waals surface area contributed by atoms with Gasteiger partial charge in [0.1, 0.15) is 0 Å². The summed E-state index contributed by atoms with van der Waals surface area (Å²) in [6.45, 7) is 6.89. The maximum atomic E-state index is 8.06. The number of rotatable bonds is 0. The van der Waals surface area contributed by atoms with E-state index in [0.29, 0.717) is 0 Å². The van der Waals surface area contributed by atoms with Crippen molar-refractivity contribution in [2.24, 2.45) is 0 Å². The van der Waals surface area contributed by atoms with Crippen LogP contribution in [0.2, 0.25) is 0 Å². The van der Waals surface area contributed by atoms with E-state index >= 15 is 0 Å². The van der Waals surface area contributed by atoms with Gasteiger partial charge < -0.3 is 10.2 Å². The Kier molecular flexibility index (Phi) is 26.9. The van der Waals surface area contributed by atoms with Crippen molar-refractivity contribution >= 4 is 23.2 Å². The lowest BCUT2D eigenvalue weighted by atomic mass is 10.5. The molecule has 0 spiro atoms. The Hall–Kier alpha value is 0.500. The van der Waals surface area contributed by atoms with Crippen LogP contribution in [0.25, 0.3) is 0 Å². The van der Waals surface area contributed by atoms with Crippen molar-refractivity contribution in [3.8, 4) is 0 Å². The van der Waals surface area contributed by atoms with Crippen molar-refractivity contribution < 1.29 is 10.2 Å². The van der Waals surface area contributed by atoms with E-state index in [9.17, 15) is 0 Å². The fourth-order valence-electron chi connectivity index (χ4n) is 0. The Balaban J connectivity index is -0.0000000886. The van der Waals surface area contributed by atoms with Gasteiger partial charge in [-0.3, -0.25) is 0 Å². The first-order valence-electron chi connectivity index (χ1n) is 3.36. The zero-order valence-electron chi connectivity index (χ0n) is 7.51. The molecule has 0 saturated heterocycles. The van der Waals surface area contributed by atoms with E-state index in [2.05, 4.69) is 0 Å². The molecule has 11 heavy (non-hydrogen) atoms. The van der Waals surface area contributed by atoms with E-state index in [-0.39, 0.29) is 17.5 Å². The molecule has 2 N–H and O–H groups in total. The monoisotopic (exact) mass is 204 g/mol. The van der Waals surface area contributed by atoms with E-state index in [1.165, 1.54) is 0 Å². The number of aliphatic hydroxyl groups is 2. The van der Waals surface area contributed by atoms with Gasteiger partial charge in [-0.1, -0.05) is 0 Å². The molecule has 4 heteroatoms. The molecule has 0 unspecified atom stereocenters. The second kappa shape index (κ2) is 16.8. The molecule has 2 nitrogen and oxygen atoms in total. The van der Waals surface area contributed by atoms with Crippen molar-refractivity contribution in [3.63, 3.8) is 0 Å². The maximum absolute atomic E-state index is 8.06. The quantitative estimate of drug-likeness (QED) is 0.595. The number of aliphatic hydroxyl groups excluding tert-OH is 2. The summed E-state index contributed by atoms with van der Waals surface area (Å²) in [5, 5.41) is 16.3. The van der Waals surface area contributed by atoms with Crippen molar-refractivity contribution in [2.75, 3.05) is 5.34 Å². The van der Waals surface area contributed by atoms with Crippen molar-refractivity contribution in [1.82, 2.24) is 0 Å². The first-order chi connectivity index (χ1) is 4.88. The summed E-state index contributed by atoms with van der Waals surface area (Å²) in [5.41, 5.74) is 0. The van der Waals surface area contributed by atoms with Crippen LogP contribution in [0.5, 0.6) is 0 Å². The molecule has 72 valence electrons. The summed E-state index contributed by atoms with van der Waals surface area (Å²) in [4.78, 5) is 0. The zero-order valence-corrected chi connectivity index (χ0v) is 9.02. The standard InChI is InChI=1S/2C3H8O.CH2Cl2/c2*1-3(2)4;2-1-3/h2*3-4H,1-2H3;1H2. The topological polar surface area (TPSA) is 40.5 Å². The van der Waals surface area contributed by atoms with Crippen LogP contribution < -0.4 is 0 Å². The molecule has 0 amide bonds. The molecule has 0 fully saturated rings. The average Bonchev–Trinajstić information content (AvgIpc) is 1.60. The Morgan fingerprint density at radius 2 is 0.909 bits per heavy atom. The number of hydrogen-bond acceptors (Lipinski definition) is 2. The van der Waals surface area contributed by atoms with Gasteiger partial charge in [0.05, 0.1) is 5.34 Å². The molecule has 0 radical (unpaired) electrons. The lowest BCUT2D eigenvalue weighted by molar-refractivity contribution is 0.215. The molecule has 0 atom stereocenters. The molecule has 0 heterocycles. The van der Waals surface area contributed by atoms with E-state index in [0.717, 1.165) is 0 Å². The van der Waals surface area contributed by atoms with Gasteiger partial charge in [0.15, 0.2) is 0 Å². The van der Waals surface area contributed by atoms with Crippen molar-refractivity contribution in [1.29, 1.82) is 0 Å². The van der Waals surface area contributed by atoms with Gasteiger partial charge in [-0.2, -0.15) is 0 Å². The Labute approximate surface area is 79.1 Å². The molecule has 0 aromatic rings. The molecular weight excluding hydrogens is 187 g/mol. The number of halogens is 2. The van der Waals surface area contributed by atoms with E-state index in [4.69, 9.17) is 33.4 Å². The highest BCUT2D eigenvalue weighted by Gasteiger charge is 1.69. The largest absolute Gasteiger partial charge is 0.394 e. The average molecular weight is 205 g/mol. The summed E-state index contributed by atoms with van der Waals surface area (Å²) in [7, 11) is 0. The molecule has 0 aromatic carbocycles. The fourth-order valence-corrected chi connectivity index (χ4v) is 0. The van der Waals surface area contributed by atoms with Crippen LogP contribution in [-0.4, -0.2) is 27.8 Å². The van der Waals surface area contributed by atoms with Gasteiger partial charge in [0.25, 0.3) is 0 Å². The lowest BCUT2D eigenvalue weighted by Crippen LogP contribution is -1.85.